The summed E-state index contributed by atoms with van der Waals surface area (Å²) in [7, 11) is 0. The first kappa shape index (κ1) is 32.8. The van der Waals surface area contributed by atoms with Gasteiger partial charge in [0.2, 0.25) is 0 Å². The minimum absolute atomic E-state index is 0.0185. The van der Waals surface area contributed by atoms with Crippen molar-refractivity contribution in [3.05, 3.63) is 29.2 Å². The molecule has 1 saturated carbocycles. The number of rotatable bonds is 11. The van der Waals surface area contributed by atoms with E-state index in [0.717, 1.165) is 26.1 Å². The SMILES string of the molecule is CCn1nc(C(=O)NCC2(O)CCC(NS(=O)[O-])CC2)c(C)c1-c1cnc(CC(C)(C)C(F)(F)F)cc1OC(F)F. The fraction of sp³-hybridized carbons (Fsp3) is 0.640. The van der Waals surface area contributed by atoms with Gasteiger partial charge in [0.1, 0.15) is 5.75 Å². The molecule has 1 amide bonds. The summed E-state index contributed by atoms with van der Waals surface area (Å²) in [5.41, 5.74) is -3.07. The van der Waals surface area contributed by atoms with Crippen LogP contribution in [-0.2, 0) is 24.2 Å². The fourth-order valence-electron chi connectivity index (χ4n) is 4.75. The van der Waals surface area contributed by atoms with Crippen molar-refractivity contribution in [2.45, 2.75) is 90.8 Å². The van der Waals surface area contributed by atoms with Gasteiger partial charge in [-0.15, -0.1) is 0 Å². The van der Waals surface area contributed by atoms with Crippen molar-refractivity contribution in [1.82, 2.24) is 24.8 Å². The average molecular weight is 611 g/mol. The molecule has 230 valence electrons. The van der Waals surface area contributed by atoms with Crippen molar-refractivity contribution in [2.75, 3.05) is 6.54 Å². The highest BCUT2D eigenvalue weighted by molar-refractivity contribution is 7.77. The maximum atomic E-state index is 13.4. The normalized spacial score (nSPS) is 20.7. The lowest BCUT2D eigenvalue weighted by molar-refractivity contribution is -0.211. The summed E-state index contributed by atoms with van der Waals surface area (Å²) < 4.78 is 96.9. The third-order valence-corrected chi connectivity index (χ3v) is 7.77. The van der Waals surface area contributed by atoms with Crippen LogP contribution in [0.5, 0.6) is 5.75 Å². The van der Waals surface area contributed by atoms with Crippen LogP contribution in [-0.4, -0.2) is 65.5 Å². The second-order valence-corrected chi connectivity index (χ2v) is 11.5. The molecule has 1 atom stereocenters. The molecule has 0 aliphatic heterocycles. The van der Waals surface area contributed by atoms with Gasteiger partial charge >= 0.3 is 12.8 Å². The number of amides is 1. The molecule has 0 radical (unpaired) electrons. The second kappa shape index (κ2) is 12.7. The molecule has 3 N–H and O–H groups in total. The molecule has 0 saturated heterocycles. The van der Waals surface area contributed by atoms with Gasteiger partial charge in [0.05, 0.1) is 22.3 Å². The molecule has 1 aliphatic rings. The van der Waals surface area contributed by atoms with Crippen LogP contribution < -0.4 is 14.8 Å². The number of hydrogen-bond acceptors (Lipinski definition) is 7. The van der Waals surface area contributed by atoms with Gasteiger partial charge in [0.25, 0.3) is 5.91 Å². The molecule has 2 heterocycles. The van der Waals surface area contributed by atoms with Crippen molar-refractivity contribution in [3.63, 3.8) is 0 Å². The van der Waals surface area contributed by atoms with E-state index in [1.54, 1.807) is 6.92 Å². The Morgan fingerprint density at radius 3 is 2.49 bits per heavy atom. The number of aromatic nitrogens is 3. The Morgan fingerprint density at radius 1 is 1.32 bits per heavy atom. The summed E-state index contributed by atoms with van der Waals surface area (Å²) >= 11 is -2.42. The smallest absolute Gasteiger partial charge is 0.394 e. The number of carbonyl (C=O) groups is 1. The number of nitrogens with zero attached hydrogens (tertiary/aromatic N) is 3. The van der Waals surface area contributed by atoms with E-state index in [-0.39, 0.29) is 60.2 Å². The molecule has 10 nitrogen and oxygen atoms in total. The number of carbonyl (C=O) groups excluding carboxylic acids is 1. The Morgan fingerprint density at radius 2 is 1.95 bits per heavy atom. The number of aryl methyl sites for hydroxylation is 1. The summed E-state index contributed by atoms with van der Waals surface area (Å²) in [6.45, 7) is 1.99. The lowest BCUT2D eigenvalue weighted by Crippen LogP contribution is -2.48. The van der Waals surface area contributed by atoms with Crippen molar-refractivity contribution in [2.24, 2.45) is 5.41 Å². The number of nitrogens with one attached hydrogen (secondary N) is 2. The van der Waals surface area contributed by atoms with Crippen LogP contribution >= 0.6 is 0 Å². The zero-order chi connectivity index (χ0) is 30.8. The lowest BCUT2D eigenvalue weighted by Gasteiger charge is -2.36. The number of aliphatic hydroxyl groups is 1. The number of ether oxygens (including phenoxy) is 1. The summed E-state index contributed by atoms with van der Waals surface area (Å²) in [6, 6.07) is 0.725. The maximum Gasteiger partial charge on any atom is 0.394 e. The lowest BCUT2D eigenvalue weighted by atomic mass is 9.82. The predicted octanol–water partition coefficient (Wildman–Crippen LogP) is 3.79. The van der Waals surface area contributed by atoms with Crippen molar-refractivity contribution < 1.29 is 45.4 Å². The van der Waals surface area contributed by atoms with E-state index in [4.69, 9.17) is 0 Å². The minimum atomic E-state index is -4.56. The van der Waals surface area contributed by atoms with Crippen LogP contribution in [0.15, 0.2) is 12.3 Å². The number of pyridine rings is 1. The van der Waals surface area contributed by atoms with Crippen molar-refractivity contribution in [1.29, 1.82) is 0 Å². The van der Waals surface area contributed by atoms with Crippen LogP contribution in [0, 0.1) is 12.3 Å². The third-order valence-electron chi connectivity index (χ3n) is 7.25. The number of hydrogen-bond donors (Lipinski definition) is 3. The van der Waals surface area contributed by atoms with Gasteiger partial charge < -0.3 is 19.7 Å². The fourth-order valence-corrected chi connectivity index (χ4v) is 5.26. The number of alkyl halides is 5. The molecule has 1 aliphatic carbocycles. The van der Waals surface area contributed by atoms with Gasteiger partial charge in [-0.1, -0.05) is 13.8 Å². The van der Waals surface area contributed by atoms with E-state index in [2.05, 4.69) is 24.9 Å². The first-order chi connectivity index (χ1) is 19.0. The van der Waals surface area contributed by atoms with Gasteiger partial charge in [-0.05, 0) is 39.5 Å². The Balaban J connectivity index is 1.86. The highest BCUT2D eigenvalue weighted by atomic mass is 32.2. The molecule has 3 rings (SSSR count). The second-order valence-electron chi connectivity index (χ2n) is 10.8. The molecule has 2 aromatic rings. The Hall–Kier alpha value is -2.69. The van der Waals surface area contributed by atoms with Crippen LogP contribution in [0.25, 0.3) is 11.3 Å². The average Bonchev–Trinajstić information content (AvgIpc) is 3.19. The molecule has 16 heteroatoms. The van der Waals surface area contributed by atoms with Gasteiger partial charge in [-0.2, -0.15) is 27.1 Å². The molecular weight excluding hydrogens is 577 g/mol. The Bertz CT molecular complexity index is 1260. The molecule has 2 aromatic heterocycles. The quantitative estimate of drug-likeness (QED) is 0.260. The van der Waals surface area contributed by atoms with Crippen LogP contribution in [0.3, 0.4) is 0 Å². The van der Waals surface area contributed by atoms with Gasteiger partial charge in [-0.3, -0.25) is 18.7 Å². The van der Waals surface area contributed by atoms with E-state index in [1.807, 2.05) is 0 Å². The molecule has 0 spiro atoms. The van der Waals surface area contributed by atoms with E-state index >= 15 is 0 Å². The maximum absolute atomic E-state index is 13.4. The molecule has 0 bridgehead atoms. The van der Waals surface area contributed by atoms with Crippen LogP contribution in [0.1, 0.15) is 68.2 Å². The summed E-state index contributed by atoms with van der Waals surface area (Å²) in [4.78, 5) is 17.2. The van der Waals surface area contributed by atoms with E-state index in [9.17, 15) is 40.6 Å². The van der Waals surface area contributed by atoms with E-state index in [1.165, 1.54) is 11.6 Å². The van der Waals surface area contributed by atoms with Gasteiger partial charge in [-0.25, -0.2) is 4.72 Å². The first-order valence-corrected chi connectivity index (χ1v) is 14.0. The number of halogens is 5. The predicted molar refractivity (Wildman–Crippen MR) is 138 cm³/mol. The molecule has 41 heavy (non-hydrogen) atoms. The minimum Gasteiger partial charge on any atom is -0.760 e. The van der Waals surface area contributed by atoms with Gasteiger partial charge in [0.15, 0.2) is 5.69 Å². The summed E-state index contributed by atoms with van der Waals surface area (Å²) in [5.74, 6) is -1.05. The largest absolute Gasteiger partial charge is 0.760 e. The molecular formula is C25H33F5N5O5S-. The topological polar surface area (TPSA) is 141 Å². The molecule has 0 aromatic carbocycles. The van der Waals surface area contributed by atoms with E-state index in [0.29, 0.717) is 12.8 Å². The zero-order valence-corrected chi connectivity index (χ0v) is 23.8. The molecule has 1 fully saturated rings. The first-order valence-electron chi connectivity index (χ1n) is 12.9. The highest BCUT2D eigenvalue weighted by Crippen LogP contribution is 2.41. The summed E-state index contributed by atoms with van der Waals surface area (Å²) in [5, 5.41) is 17.8. The third kappa shape index (κ3) is 7.99. The monoisotopic (exact) mass is 610 g/mol. The standard InChI is InChI=1S/C25H34F5N5O5S/c1-5-35-20(17-12-31-16(10-18(17)40-22(26)27)11-23(3,4)25(28,29)30)14(2)19(33-35)21(36)32-13-24(37)8-6-15(7-9-24)34-41(38)39/h10,12,15,22,34,37H,5-9,11,13H2,1-4H3,(H,32,36)(H,38,39)/p-1. The molecule has 1 unspecified atom stereocenters. The van der Waals surface area contributed by atoms with Crippen LogP contribution in [0.2, 0.25) is 0 Å². The zero-order valence-electron chi connectivity index (χ0n) is 23.0. The van der Waals surface area contributed by atoms with E-state index < -0.39 is 53.1 Å². The van der Waals surface area contributed by atoms with Crippen LogP contribution in [0.4, 0.5) is 22.0 Å². The highest BCUT2D eigenvalue weighted by Gasteiger charge is 2.47. The van der Waals surface area contributed by atoms with Gasteiger partial charge in [0, 0.05) is 60.3 Å². The van der Waals surface area contributed by atoms with Crippen molar-refractivity contribution in [3.8, 4) is 17.0 Å². The van der Waals surface area contributed by atoms with Crippen molar-refractivity contribution >= 4 is 17.2 Å². The Labute approximate surface area is 236 Å². The summed E-state index contributed by atoms with van der Waals surface area (Å²) in [6.07, 6.45) is -2.77. The Kier molecular flexibility index (Phi) is 10.1.